The number of carbonyl (C=O) groups excluding carboxylic acids is 1. The molecule has 0 radical (unpaired) electrons. The summed E-state index contributed by atoms with van der Waals surface area (Å²) in [7, 11) is 0. The number of carbonyl (C=O) groups is 1. The van der Waals surface area contributed by atoms with E-state index in [2.05, 4.69) is 5.16 Å². The molecule has 21 heavy (non-hydrogen) atoms. The number of amidine groups is 1. The van der Waals surface area contributed by atoms with E-state index in [0.29, 0.717) is 17.9 Å². The molecule has 1 atom stereocenters. The van der Waals surface area contributed by atoms with E-state index in [1.807, 2.05) is 0 Å². The third kappa shape index (κ3) is 3.43. The van der Waals surface area contributed by atoms with E-state index in [-0.39, 0.29) is 31.0 Å². The number of aliphatic hydroxyl groups is 1. The number of rotatable bonds is 5. The van der Waals surface area contributed by atoms with Crippen molar-refractivity contribution in [3.63, 3.8) is 0 Å². The van der Waals surface area contributed by atoms with Crippen molar-refractivity contribution in [2.24, 2.45) is 10.9 Å². The average Bonchev–Trinajstić information content (AvgIpc) is 3.00. The van der Waals surface area contributed by atoms with Crippen LogP contribution in [0.4, 0.5) is 0 Å². The molecule has 1 aliphatic heterocycles. The Bertz CT molecular complexity index is 533. The van der Waals surface area contributed by atoms with Gasteiger partial charge in [-0.25, -0.2) is 0 Å². The van der Waals surface area contributed by atoms with Gasteiger partial charge < -0.3 is 25.7 Å². The molecule has 0 aromatic heterocycles. The number of amides is 1. The van der Waals surface area contributed by atoms with Gasteiger partial charge in [0.1, 0.15) is 5.75 Å². The van der Waals surface area contributed by atoms with E-state index in [4.69, 9.17) is 15.7 Å². The summed E-state index contributed by atoms with van der Waals surface area (Å²) in [4.78, 5) is 13.7. The standard InChI is InChI=1S/C14H19N3O4/c15-14(16-20)11-5-1-2-6-12(11)21-9-13(19)17-7-3-4-10(17)8-18/h1-2,5-6,10,18,20H,3-4,7-9H2,(H2,15,16). The first kappa shape index (κ1) is 15.1. The van der Waals surface area contributed by atoms with Crippen LogP contribution in [0.5, 0.6) is 5.75 Å². The minimum Gasteiger partial charge on any atom is -0.483 e. The predicted molar refractivity (Wildman–Crippen MR) is 76.3 cm³/mol. The van der Waals surface area contributed by atoms with E-state index in [0.717, 1.165) is 12.8 Å². The Morgan fingerprint density at radius 2 is 2.24 bits per heavy atom. The fourth-order valence-corrected chi connectivity index (χ4v) is 2.43. The summed E-state index contributed by atoms with van der Waals surface area (Å²) in [5.74, 6) is 0.120. The quantitative estimate of drug-likeness (QED) is 0.310. The number of nitrogens with zero attached hydrogens (tertiary/aromatic N) is 2. The molecule has 1 unspecified atom stereocenters. The maximum absolute atomic E-state index is 12.1. The first-order valence-corrected chi connectivity index (χ1v) is 6.77. The summed E-state index contributed by atoms with van der Waals surface area (Å²) < 4.78 is 5.48. The number of nitrogens with two attached hydrogens (primary N) is 1. The molecule has 1 saturated heterocycles. The van der Waals surface area contributed by atoms with Crippen LogP contribution in [-0.2, 0) is 4.79 Å². The van der Waals surface area contributed by atoms with E-state index < -0.39 is 0 Å². The molecular formula is C14H19N3O4. The lowest BCUT2D eigenvalue weighted by Gasteiger charge is -2.23. The lowest BCUT2D eigenvalue weighted by Crippen LogP contribution is -2.40. The minimum atomic E-state index is -0.180. The van der Waals surface area contributed by atoms with Crippen LogP contribution in [0.15, 0.2) is 29.4 Å². The van der Waals surface area contributed by atoms with Crippen molar-refractivity contribution < 1.29 is 19.8 Å². The summed E-state index contributed by atoms with van der Waals surface area (Å²) in [5.41, 5.74) is 5.98. The maximum Gasteiger partial charge on any atom is 0.260 e. The number of benzene rings is 1. The van der Waals surface area contributed by atoms with Gasteiger partial charge in [0.25, 0.3) is 5.91 Å². The molecule has 0 aliphatic carbocycles. The van der Waals surface area contributed by atoms with Gasteiger partial charge in [0.15, 0.2) is 12.4 Å². The molecule has 0 spiro atoms. The highest BCUT2D eigenvalue weighted by molar-refractivity contribution is 5.99. The smallest absolute Gasteiger partial charge is 0.260 e. The molecule has 7 nitrogen and oxygen atoms in total. The zero-order valence-corrected chi connectivity index (χ0v) is 11.6. The van der Waals surface area contributed by atoms with Gasteiger partial charge in [-0.05, 0) is 25.0 Å². The highest BCUT2D eigenvalue weighted by Gasteiger charge is 2.28. The SMILES string of the molecule is NC(=NO)c1ccccc1OCC(=O)N1CCCC1CO. The Morgan fingerprint density at radius 1 is 1.48 bits per heavy atom. The fraction of sp³-hybridized carbons (Fsp3) is 0.429. The molecule has 0 saturated carbocycles. The number of ether oxygens (including phenoxy) is 1. The van der Waals surface area contributed by atoms with E-state index in [1.54, 1.807) is 29.2 Å². The van der Waals surface area contributed by atoms with Crippen LogP contribution in [0.3, 0.4) is 0 Å². The first-order chi connectivity index (χ1) is 10.2. The van der Waals surface area contributed by atoms with Gasteiger partial charge in [0.2, 0.25) is 0 Å². The highest BCUT2D eigenvalue weighted by Crippen LogP contribution is 2.20. The summed E-state index contributed by atoms with van der Waals surface area (Å²) in [6.45, 7) is 0.452. The number of oxime groups is 1. The molecule has 4 N–H and O–H groups in total. The largest absolute Gasteiger partial charge is 0.483 e. The Kier molecular flexibility index (Phi) is 4.99. The van der Waals surface area contributed by atoms with Gasteiger partial charge >= 0.3 is 0 Å². The summed E-state index contributed by atoms with van der Waals surface area (Å²) in [6.07, 6.45) is 1.70. The number of likely N-dealkylation sites (tertiary alicyclic amines) is 1. The van der Waals surface area contributed by atoms with Crippen molar-refractivity contribution >= 4 is 11.7 Å². The van der Waals surface area contributed by atoms with Crippen LogP contribution in [0.25, 0.3) is 0 Å². The second kappa shape index (κ2) is 6.94. The molecule has 1 aliphatic rings. The van der Waals surface area contributed by atoms with Gasteiger partial charge in [-0.15, -0.1) is 0 Å². The van der Waals surface area contributed by atoms with Gasteiger partial charge in [-0.2, -0.15) is 0 Å². The molecule has 0 bridgehead atoms. The maximum atomic E-state index is 12.1. The molecule has 1 aromatic rings. The highest BCUT2D eigenvalue weighted by atomic mass is 16.5. The van der Waals surface area contributed by atoms with Crippen LogP contribution in [0, 0.1) is 0 Å². The third-order valence-electron chi connectivity index (χ3n) is 3.53. The van der Waals surface area contributed by atoms with Crippen LogP contribution in [0.2, 0.25) is 0 Å². The Balaban J connectivity index is 2.02. The summed E-state index contributed by atoms with van der Waals surface area (Å²) >= 11 is 0. The van der Waals surface area contributed by atoms with Crippen LogP contribution in [-0.4, -0.2) is 52.8 Å². The van der Waals surface area contributed by atoms with Crippen LogP contribution < -0.4 is 10.5 Å². The van der Waals surface area contributed by atoms with E-state index in [9.17, 15) is 9.90 Å². The van der Waals surface area contributed by atoms with Crippen molar-refractivity contribution in [2.75, 3.05) is 19.8 Å². The number of aliphatic hydroxyl groups excluding tert-OH is 1. The second-order valence-electron chi connectivity index (χ2n) is 4.84. The van der Waals surface area contributed by atoms with Crippen molar-refractivity contribution in [3.05, 3.63) is 29.8 Å². The molecule has 1 amide bonds. The van der Waals surface area contributed by atoms with Gasteiger partial charge in [0.05, 0.1) is 18.2 Å². The van der Waals surface area contributed by atoms with Gasteiger partial charge in [0, 0.05) is 6.54 Å². The molecule has 1 aromatic carbocycles. The molecule has 114 valence electrons. The van der Waals surface area contributed by atoms with Crippen molar-refractivity contribution in [1.82, 2.24) is 4.90 Å². The lowest BCUT2D eigenvalue weighted by atomic mass is 10.2. The van der Waals surface area contributed by atoms with Crippen molar-refractivity contribution in [2.45, 2.75) is 18.9 Å². The van der Waals surface area contributed by atoms with E-state index >= 15 is 0 Å². The monoisotopic (exact) mass is 293 g/mol. The Morgan fingerprint density at radius 3 is 2.95 bits per heavy atom. The lowest BCUT2D eigenvalue weighted by molar-refractivity contribution is -0.134. The van der Waals surface area contributed by atoms with Crippen LogP contribution in [0.1, 0.15) is 18.4 Å². The second-order valence-corrected chi connectivity index (χ2v) is 4.84. The van der Waals surface area contributed by atoms with Crippen molar-refractivity contribution in [3.8, 4) is 5.75 Å². The Hall–Kier alpha value is -2.28. The van der Waals surface area contributed by atoms with Gasteiger partial charge in [-0.3, -0.25) is 4.79 Å². The zero-order chi connectivity index (χ0) is 15.2. The zero-order valence-electron chi connectivity index (χ0n) is 11.6. The minimum absolute atomic E-state index is 0.0353. The molecule has 7 heteroatoms. The van der Waals surface area contributed by atoms with Gasteiger partial charge in [-0.1, -0.05) is 17.3 Å². The predicted octanol–water partition coefficient (Wildman–Crippen LogP) is 0.143. The topological polar surface area (TPSA) is 108 Å². The molecular weight excluding hydrogens is 274 g/mol. The van der Waals surface area contributed by atoms with Crippen molar-refractivity contribution in [1.29, 1.82) is 0 Å². The number of hydrogen-bond acceptors (Lipinski definition) is 5. The first-order valence-electron chi connectivity index (χ1n) is 6.77. The fourth-order valence-electron chi connectivity index (χ4n) is 2.43. The molecule has 1 heterocycles. The molecule has 1 fully saturated rings. The number of para-hydroxylation sites is 1. The molecule has 2 rings (SSSR count). The number of hydrogen-bond donors (Lipinski definition) is 3. The third-order valence-corrected chi connectivity index (χ3v) is 3.53. The Labute approximate surface area is 122 Å². The summed E-state index contributed by atoms with van der Waals surface area (Å²) in [6, 6.07) is 6.63. The normalized spacial score (nSPS) is 18.8. The summed E-state index contributed by atoms with van der Waals surface area (Å²) in [5, 5.41) is 20.9. The van der Waals surface area contributed by atoms with E-state index in [1.165, 1.54) is 0 Å². The average molecular weight is 293 g/mol. The van der Waals surface area contributed by atoms with Crippen LogP contribution >= 0.6 is 0 Å².